The minimum Gasteiger partial charge on any atom is -0.508 e. The summed E-state index contributed by atoms with van der Waals surface area (Å²) in [5.74, 6) is 1.55. The van der Waals surface area contributed by atoms with Crippen LogP contribution < -0.4 is 53.4 Å². The summed E-state index contributed by atoms with van der Waals surface area (Å²) in [6, 6.07) is 30.6. The van der Waals surface area contributed by atoms with Gasteiger partial charge in [0.15, 0.2) is 36.7 Å². The van der Waals surface area contributed by atoms with Gasteiger partial charge in [-0.3, -0.25) is 0 Å². The molecule has 7 aromatic heterocycles. The van der Waals surface area contributed by atoms with Gasteiger partial charge in [-0.2, -0.15) is 27.9 Å². The smallest absolute Gasteiger partial charge is 0.497 e. The highest BCUT2D eigenvalue weighted by Crippen LogP contribution is 2.31. The van der Waals surface area contributed by atoms with Gasteiger partial charge in [0.1, 0.15) is 68.0 Å². The summed E-state index contributed by atoms with van der Waals surface area (Å²) in [5, 5.41) is 18.4. The van der Waals surface area contributed by atoms with Crippen LogP contribution in [0.1, 0.15) is 55.9 Å². The summed E-state index contributed by atoms with van der Waals surface area (Å²) in [4.78, 5) is 22.5. The Morgan fingerprint density at radius 2 is 1.21 bits per heavy atom. The van der Waals surface area contributed by atoms with Crippen molar-refractivity contribution in [3.8, 4) is 5.75 Å². The number of para-hydroxylation sites is 1. The van der Waals surface area contributed by atoms with Crippen molar-refractivity contribution >= 4 is 27.2 Å². The number of fused-ring (bicyclic) bond motifs is 2. The third kappa shape index (κ3) is 19.1. The molecule has 17 heteroatoms. The molecule has 0 amide bonds. The number of hydrogen-bond acceptors (Lipinski definition) is 6. The van der Waals surface area contributed by atoms with Crippen molar-refractivity contribution in [3.63, 3.8) is 0 Å². The van der Waals surface area contributed by atoms with Crippen molar-refractivity contribution < 1.29 is 42.1 Å². The summed E-state index contributed by atoms with van der Waals surface area (Å²) >= 11 is 1.84. The van der Waals surface area contributed by atoms with E-state index in [0.717, 1.165) is 35.0 Å². The van der Waals surface area contributed by atoms with Gasteiger partial charge in [0.2, 0.25) is 16.3 Å². The van der Waals surface area contributed by atoms with Gasteiger partial charge in [0.25, 0.3) is 6.33 Å². The fourth-order valence-corrected chi connectivity index (χ4v) is 8.45. The Morgan fingerprint density at radius 3 is 1.70 bits per heavy atom. The van der Waals surface area contributed by atoms with Crippen LogP contribution in [0.5, 0.6) is 5.75 Å². The van der Waals surface area contributed by atoms with Crippen LogP contribution in [0.3, 0.4) is 0 Å². The number of phenolic OH excluding ortho intramolecular Hbond substituents is 1. The molecule has 2 aromatic carbocycles. The van der Waals surface area contributed by atoms with Crippen molar-refractivity contribution in [2.75, 3.05) is 19.1 Å². The first-order chi connectivity index (χ1) is 36.2. The molecule has 1 aliphatic rings. The first-order valence-corrected chi connectivity index (χ1v) is 26.3. The second-order valence-electron chi connectivity index (χ2n) is 19.5. The van der Waals surface area contributed by atoms with Crippen molar-refractivity contribution in [2.24, 2.45) is 70.5 Å². The lowest BCUT2D eigenvalue weighted by atomic mass is 10.1. The molecule has 0 aliphatic carbocycles. The predicted octanol–water partition coefficient (Wildman–Crippen LogP) is 3.47. The summed E-state index contributed by atoms with van der Waals surface area (Å²) in [7, 11) is 23.3. The van der Waals surface area contributed by atoms with Gasteiger partial charge in [0.05, 0.1) is 62.6 Å². The van der Waals surface area contributed by atoms with Crippen LogP contribution in [-0.2, 0) is 77.0 Å². The molecule has 77 heavy (non-hydrogen) atoms. The number of anilines is 1. The molecule has 8 heterocycles. The lowest BCUT2D eigenvalue weighted by Gasteiger charge is -2.18. The van der Waals surface area contributed by atoms with Gasteiger partial charge >= 0.3 is 11.4 Å². The van der Waals surface area contributed by atoms with E-state index in [1.807, 2.05) is 168 Å². The van der Waals surface area contributed by atoms with Crippen LogP contribution in [0.4, 0.5) is 5.69 Å². The molecule has 9 aromatic rings. The minimum absolute atomic E-state index is 0.0139. The van der Waals surface area contributed by atoms with E-state index in [4.69, 9.17) is 0 Å². The third-order valence-corrected chi connectivity index (χ3v) is 14.6. The zero-order valence-corrected chi connectivity index (χ0v) is 50.8. The molecular weight excluding hydrogens is 983 g/mol. The summed E-state index contributed by atoms with van der Waals surface area (Å²) in [6.07, 6.45) is 13.8. The maximum Gasteiger partial charge on any atom is 0.497 e. The zero-order valence-electron chi connectivity index (χ0n) is 49.9. The fraction of sp³-hybridized carbons (Fsp3) is 0.367. The summed E-state index contributed by atoms with van der Waals surface area (Å²) < 4.78 is 20.0. The maximum absolute atomic E-state index is 11.3. The van der Waals surface area contributed by atoms with E-state index in [-0.39, 0.29) is 11.4 Å². The Kier molecular flexibility index (Phi) is 24.8. The molecule has 0 spiro atoms. The number of aromatic nitrogens is 11. The van der Waals surface area contributed by atoms with Crippen LogP contribution in [0.25, 0.3) is 10.2 Å². The standard InChI is InChI=1S/C10H14N2O.C9H10NS.C8H13N2O.C7H11N2O.3C7H10N.C5H10N3/c1-7-9(13)5-4-8-6-11(2)12(3)10(7)8;1-7-10(2)8-5-3-4-6-9(8)11-7;1-6-5-7(2)10(4)8(11)9(6)3;1-6-4-5-8(2)7(10)9(6)3;1-7-3-5-8(2)6-4-7;1-7-4-3-5-8(2)6-7;1-7-5-3-4-6-8(7)2;1-5-7(2)4-6-8(5)3/h4-5,13H,6H2,1-3H3;3-6H,1-2H3;5H,1-4H3;4-5H,1-3H3;3*3-6H,1-2H3;4H,1-3H3/q;7*+1/p+1. The van der Waals surface area contributed by atoms with E-state index in [1.165, 1.54) is 48.3 Å². The molecule has 10 rings (SSSR count). The lowest BCUT2D eigenvalue weighted by molar-refractivity contribution is -0.894. The van der Waals surface area contributed by atoms with Crippen LogP contribution in [-0.4, -0.2) is 38.1 Å². The number of pyridine rings is 3. The number of hydrogen-bond donors (Lipinski definition) is 2. The Hall–Kier alpha value is -7.76. The molecule has 1 atom stereocenters. The van der Waals surface area contributed by atoms with E-state index >= 15 is 0 Å². The van der Waals surface area contributed by atoms with Gasteiger partial charge in [-0.25, -0.2) is 32.9 Å². The minimum atomic E-state index is 0.0139. The molecule has 1 aliphatic heterocycles. The Morgan fingerprint density at radius 1 is 0.584 bits per heavy atom. The van der Waals surface area contributed by atoms with Crippen molar-refractivity contribution in [1.29, 1.82) is 0 Å². The number of benzene rings is 2. The van der Waals surface area contributed by atoms with Crippen LogP contribution in [0.2, 0.25) is 0 Å². The van der Waals surface area contributed by atoms with Gasteiger partial charge in [-0.05, 0) is 71.4 Å². The average molecular weight is 1070 g/mol. The highest BCUT2D eigenvalue weighted by atomic mass is 32.1. The van der Waals surface area contributed by atoms with Gasteiger partial charge in [0, 0.05) is 91.1 Å². The molecule has 0 saturated heterocycles. The lowest BCUT2D eigenvalue weighted by Crippen LogP contribution is -3.12. The topological polar surface area (TPSA) is 117 Å². The maximum atomic E-state index is 11.3. The third-order valence-electron chi connectivity index (χ3n) is 13.4. The predicted molar refractivity (Wildman–Crippen MR) is 306 cm³/mol. The number of aryl methyl sites for hydroxylation is 14. The fourth-order valence-electron chi connectivity index (χ4n) is 7.44. The molecule has 2 N–H and O–H groups in total. The van der Waals surface area contributed by atoms with E-state index in [1.54, 1.807) is 65.0 Å². The average Bonchev–Trinajstić information content (AvgIpc) is 3.99. The number of nitrogens with zero attached hydrogens (tertiary/aromatic N) is 12. The molecule has 0 saturated carbocycles. The number of nitrogens with one attached hydrogen (secondary N) is 1. The zero-order chi connectivity index (χ0) is 57.8. The van der Waals surface area contributed by atoms with Gasteiger partial charge < -0.3 is 5.11 Å². The number of quaternary nitrogens is 1. The second kappa shape index (κ2) is 30.1. The SMILES string of the molecule is Cc1c(O)ccc2c1N(C)[NH+](C)C2.Cc1cc(C)[n+](C)c(=O)n1C.Cc1cc[n+](C)c(=O)n1C.Cc1cc[n+](C)cc1.Cc1ccc[n+](C)c1.Cc1cccc[n+]1C.Cc1n(C)nc[n+]1C.Cc1sc2ccccc2[n+]1C. The first-order valence-electron chi connectivity index (χ1n) is 25.5. The van der Waals surface area contributed by atoms with Gasteiger partial charge in [-0.1, -0.05) is 29.5 Å². The Balaban J connectivity index is 0.000000233. The Bertz CT molecular complexity index is 3340. The number of rotatable bonds is 0. The molecule has 0 fully saturated rings. The quantitative estimate of drug-likeness (QED) is 0.226. The van der Waals surface area contributed by atoms with Crippen LogP contribution in [0.15, 0.2) is 144 Å². The van der Waals surface area contributed by atoms with E-state index < -0.39 is 0 Å². The summed E-state index contributed by atoms with van der Waals surface area (Å²) in [5.41, 5.74) is 11.7. The van der Waals surface area contributed by atoms with Crippen molar-refractivity contribution in [1.82, 2.24) is 18.9 Å². The molecule has 1 unspecified atom stereocenters. The van der Waals surface area contributed by atoms with E-state index in [0.29, 0.717) is 5.75 Å². The molecular formula is C60H89N13O3S+8. The molecule has 410 valence electrons. The second-order valence-corrected chi connectivity index (χ2v) is 20.8. The van der Waals surface area contributed by atoms with E-state index in [2.05, 4.69) is 116 Å². The summed E-state index contributed by atoms with van der Waals surface area (Å²) in [6.45, 7) is 19.1. The van der Waals surface area contributed by atoms with Crippen molar-refractivity contribution in [3.05, 3.63) is 211 Å². The number of thiazole rings is 1. The highest BCUT2D eigenvalue weighted by Gasteiger charge is 2.27. The number of aromatic hydroxyl groups is 1. The Labute approximate surface area is 461 Å². The van der Waals surface area contributed by atoms with E-state index in [9.17, 15) is 14.7 Å². The highest BCUT2D eigenvalue weighted by molar-refractivity contribution is 7.18. The number of phenols is 1. The van der Waals surface area contributed by atoms with Gasteiger partial charge in [-0.15, -0.1) is 4.68 Å². The largest absolute Gasteiger partial charge is 0.508 e. The molecule has 16 nitrogen and oxygen atoms in total. The van der Waals surface area contributed by atoms with Crippen molar-refractivity contribution in [2.45, 2.75) is 68.9 Å². The van der Waals surface area contributed by atoms with Crippen LogP contribution in [0, 0.1) is 62.3 Å². The monoisotopic (exact) mass is 1070 g/mol. The molecule has 0 radical (unpaired) electrons. The first kappa shape index (κ1) is 63.5. The van der Waals surface area contributed by atoms with Crippen LogP contribution >= 0.6 is 11.3 Å². The molecule has 0 bridgehead atoms. The normalized spacial score (nSPS) is 11.6.